The molecule has 1 atom stereocenters. The number of nitrogens with zero attached hydrogens (tertiary/aromatic N) is 4. The molecular weight excluding hydrogens is 536 g/mol. The molecule has 0 bridgehead atoms. The van der Waals surface area contributed by atoms with Gasteiger partial charge in [0.05, 0.1) is 0 Å². The molecule has 178 valence electrons. The summed E-state index contributed by atoms with van der Waals surface area (Å²) in [5, 5.41) is 6.47. The van der Waals surface area contributed by atoms with E-state index < -0.39 is 15.5 Å². The second-order valence-electron chi connectivity index (χ2n) is 7.93. The van der Waals surface area contributed by atoms with Gasteiger partial charge in [-0.25, -0.2) is 8.42 Å². The van der Waals surface area contributed by atoms with Crippen molar-refractivity contribution in [3.05, 3.63) is 0 Å². The van der Waals surface area contributed by atoms with Crippen molar-refractivity contribution in [1.82, 2.24) is 24.7 Å². The van der Waals surface area contributed by atoms with Crippen molar-refractivity contribution in [2.45, 2.75) is 31.3 Å². The van der Waals surface area contributed by atoms with E-state index in [4.69, 9.17) is 0 Å². The lowest BCUT2D eigenvalue weighted by molar-refractivity contribution is -0.0494. The van der Waals surface area contributed by atoms with E-state index in [1.807, 2.05) is 0 Å². The molecule has 2 saturated heterocycles. The highest BCUT2D eigenvalue weighted by Gasteiger charge is 2.50. The molecule has 2 fully saturated rings. The predicted molar refractivity (Wildman–Crippen MR) is 123 cm³/mol. The van der Waals surface area contributed by atoms with E-state index in [1.54, 1.807) is 7.05 Å². The highest BCUT2D eigenvalue weighted by atomic mass is 127. The van der Waals surface area contributed by atoms with E-state index in [0.717, 1.165) is 39.3 Å². The smallest absolute Gasteiger partial charge is 0.356 e. The fourth-order valence-electron chi connectivity index (χ4n) is 3.58. The Kier molecular flexibility index (Phi) is 11.1. The summed E-state index contributed by atoms with van der Waals surface area (Å²) in [6.45, 7) is 7.85. The maximum absolute atomic E-state index is 12.7. The molecule has 2 heterocycles. The van der Waals surface area contributed by atoms with Crippen LogP contribution in [0.5, 0.6) is 0 Å². The number of alkyl halides is 3. The third kappa shape index (κ3) is 7.95. The molecule has 0 spiro atoms. The molecule has 0 aromatic carbocycles. The van der Waals surface area contributed by atoms with Gasteiger partial charge in [-0.2, -0.15) is 17.5 Å². The lowest BCUT2D eigenvalue weighted by atomic mass is 10.1. The Morgan fingerprint density at radius 2 is 1.70 bits per heavy atom. The van der Waals surface area contributed by atoms with Crippen molar-refractivity contribution in [2.24, 2.45) is 10.9 Å². The van der Waals surface area contributed by atoms with Gasteiger partial charge in [-0.05, 0) is 25.8 Å². The minimum atomic E-state index is -5.25. The minimum Gasteiger partial charge on any atom is -0.356 e. The van der Waals surface area contributed by atoms with Crippen LogP contribution in [0, 0.1) is 5.92 Å². The standard InChI is InChI=1S/C17H33F3N6O2S.HI/c1-14(13-25-10-8-24(3)9-11-25)12-22-16(21-2)23-15-4-6-26(7-5-15)29(27,28)17(18,19)20;/h14-15H,4-13H2,1-3H3,(H2,21,22,23);1H. The van der Waals surface area contributed by atoms with Crippen LogP contribution in [0.15, 0.2) is 4.99 Å². The molecule has 2 aliphatic heterocycles. The number of halogens is 4. The summed E-state index contributed by atoms with van der Waals surface area (Å²) in [5.41, 5.74) is -5.25. The fourth-order valence-corrected chi connectivity index (χ4v) is 4.57. The quantitative estimate of drug-likeness (QED) is 0.282. The molecule has 30 heavy (non-hydrogen) atoms. The summed E-state index contributed by atoms with van der Waals surface area (Å²) in [5.74, 6) is 1.00. The summed E-state index contributed by atoms with van der Waals surface area (Å²) in [6.07, 6.45) is 0.597. The number of likely N-dealkylation sites (N-methyl/N-ethyl adjacent to an activating group) is 1. The molecule has 2 rings (SSSR count). The Morgan fingerprint density at radius 1 is 1.13 bits per heavy atom. The third-order valence-electron chi connectivity index (χ3n) is 5.43. The molecule has 13 heteroatoms. The molecule has 1 unspecified atom stereocenters. The number of hydrogen-bond acceptors (Lipinski definition) is 5. The van der Waals surface area contributed by atoms with Crippen LogP contribution >= 0.6 is 24.0 Å². The highest BCUT2D eigenvalue weighted by molar-refractivity contribution is 14.0. The number of nitrogens with one attached hydrogen (secondary N) is 2. The third-order valence-corrected chi connectivity index (χ3v) is 7.06. The SMILES string of the molecule is CN=C(NCC(C)CN1CCN(C)CC1)NC1CCN(S(=O)(=O)C(F)(F)F)CC1.I. The van der Waals surface area contributed by atoms with Crippen molar-refractivity contribution < 1.29 is 21.6 Å². The van der Waals surface area contributed by atoms with E-state index in [0.29, 0.717) is 29.0 Å². The molecule has 0 amide bonds. The van der Waals surface area contributed by atoms with Gasteiger partial charge in [0.25, 0.3) is 0 Å². The molecule has 0 saturated carbocycles. The molecular formula is C17H34F3IN6O2S. The van der Waals surface area contributed by atoms with Crippen molar-refractivity contribution in [2.75, 3.05) is 66.5 Å². The van der Waals surface area contributed by atoms with Crippen LogP contribution in [0.25, 0.3) is 0 Å². The largest absolute Gasteiger partial charge is 0.511 e. The van der Waals surface area contributed by atoms with Gasteiger partial charge in [0.1, 0.15) is 0 Å². The summed E-state index contributed by atoms with van der Waals surface area (Å²) >= 11 is 0. The minimum absolute atomic E-state index is 0. The van der Waals surface area contributed by atoms with Crippen LogP contribution < -0.4 is 10.6 Å². The van der Waals surface area contributed by atoms with Crippen LogP contribution in [0.3, 0.4) is 0 Å². The summed E-state index contributed by atoms with van der Waals surface area (Å²) in [7, 11) is -1.48. The molecule has 0 aromatic heterocycles. The molecule has 2 aliphatic rings. The van der Waals surface area contributed by atoms with Crippen LogP contribution in [-0.4, -0.2) is 106 Å². The molecule has 0 radical (unpaired) electrons. The van der Waals surface area contributed by atoms with Gasteiger partial charge in [0, 0.05) is 65.4 Å². The zero-order chi connectivity index (χ0) is 21.7. The van der Waals surface area contributed by atoms with Crippen molar-refractivity contribution >= 4 is 40.0 Å². The summed E-state index contributed by atoms with van der Waals surface area (Å²) in [4.78, 5) is 8.94. The monoisotopic (exact) mass is 570 g/mol. The first-order valence-electron chi connectivity index (χ1n) is 9.97. The number of piperazine rings is 1. The van der Waals surface area contributed by atoms with Gasteiger partial charge in [-0.1, -0.05) is 6.92 Å². The number of hydrogen-bond donors (Lipinski definition) is 2. The number of aliphatic imine (C=N–C) groups is 1. The van der Waals surface area contributed by atoms with Gasteiger partial charge in [0.2, 0.25) is 0 Å². The predicted octanol–water partition coefficient (Wildman–Crippen LogP) is 0.967. The van der Waals surface area contributed by atoms with Crippen LogP contribution in [0.2, 0.25) is 0 Å². The van der Waals surface area contributed by atoms with Gasteiger partial charge < -0.3 is 20.4 Å². The molecule has 2 N–H and O–H groups in total. The Hall–Kier alpha value is -0.380. The second-order valence-corrected chi connectivity index (χ2v) is 9.86. The molecule has 0 aliphatic carbocycles. The van der Waals surface area contributed by atoms with Gasteiger partial charge in [-0.3, -0.25) is 4.99 Å². The van der Waals surface area contributed by atoms with Crippen molar-refractivity contribution in [3.63, 3.8) is 0 Å². The normalized spacial score (nSPS) is 22.4. The lowest BCUT2D eigenvalue weighted by Gasteiger charge is -2.34. The number of guanidine groups is 1. The summed E-state index contributed by atoms with van der Waals surface area (Å²) < 4.78 is 61.5. The second kappa shape index (κ2) is 12.0. The van der Waals surface area contributed by atoms with E-state index >= 15 is 0 Å². The van der Waals surface area contributed by atoms with Crippen molar-refractivity contribution in [3.8, 4) is 0 Å². The van der Waals surface area contributed by atoms with Gasteiger partial charge in [-0.15, -0.1) is 24.0 Å². The first-order chi connectivity index (χ1) is 13.5. The number of rotatable bonds is 6. The Balaban J connectivity index is 0.00000450. The zero-order valence-electron chi connectivity index (χ0n) is 17.8. The molecule has 0 aromatic rings. The van der Waals surface area contributed by atoms with Gasteiger partial charge in [0.15, 0.2) is 5.96 Å². The van der Waals surface area contributed by atoms with E-state index in [2.05, 4.69) is 39.4 Å². The number of sulfonamides is 1. The Bertz CT molecular complexity index is 648. The first-order valence-corrected chi connectivity index (χ1v) is 11.4. The van der Waals surface area contributed by atoms with Crippen LogP contribution in [0.1, 0.15) is 19.8 Å². The maximum atomic E-state index is 12.7. The average Bonchev–Trinajstić information content (AvgIpc) is 2.66. The van der Waals surface area contributed by atoms with E-state index in [9.17, 15) is 21.6 Å². The van der Waals surface area contributed by atoms with Crippen molar-refractivity contribution in [1.29, 1.82) is 0 Å². The van der Waals surface area contributed by atoms with Crippen LogP contribution in [-0.2, 0) is 10.0 Å². The first kappa shape index (κ1) is 27.7. The fraction of sp³-hybridized carbons (Fsp3) is 0.941. The van der Waals surface area contributed by atoms with Crippen LogP contribution in [0.4, 0.5) is 13.2 Å². The van der Waals surface area contributed by atoms with E-state index in [1.165, 1.54) is 0 Å². The Morgan fingerprint density at radius 3 is 2.20 bits per heavy atom. The average molecular weight is 570 g/mol. The zero-order valence-corrected chi connectivity index (χ0v) is 20.9. The number of piperidine rings is 1. The lowest BCUT2D eigenvalue weighted by Crippen LogP contribution is -2.52. The van der Waals surface area contributed by atoms with E-state index in [-0.39, 0.29) is 43.1 Å². The maximum Gasteiger partial charge on any atom is 0.511 e. The Labute approximate surface area is 194 Å². The topological polar surface area (TPSA) is 80.3 Å². The highest BCUT2D eigenvalue weighted by Crippen LogP contribution is 2.28. The summed E-state index contributed by atoms with van der Waals surface area (Å²) in [6, 6.07) is -0.117. The van der Waals surface area contributed by atoms with Gasteiger partial charge >= 0.3 is 15.5 Å². The molecule has 8 nitrogen and oxygen atoms in total.